The number of nitrogens with zero attached hydrogens (tertiary/aromatic N) is 3. The summed E-state index contributed by atoms with van der Waals surface area (Å²) in [5, 5.41) is 19.1. The van der Waals surface area contributed by atoms with E-state index in [1.54, 1.807) is 29.2 Å². The maximum absolute atomic E-state index is 13.0. The van der Waals surface area contributed by atoms with Gasteiger partial charge in [0.15, 0.2) is 0 Å². The van der Waals surface area contributed by atoms with E-state index in [1.165, 1.54) is 12.1 Å². The first kappa shape index (κ1) is 18.2. The lowest BCUT2D eigenvalue weighted by Gasteiger charge is -2.29. The third-order valence-electron chi connectivity index (χ3n) is 4.87. The quantitative estimate of drug-likeness (QED) is 0.515. The zero-order chi connectivity index (χ0) is 20.0. The SMILES string of the molecule is CC(C)N1C(=O)c2[nH]nc(-c3ccc(Cl)cc3)c2C1c1cccc([N+](=O)[O-])c1. The van der Waals surface area contributed by atoms with Gasteiger partial charge in [-0.05, 0) is 31.5 Å². The topological polar surface area (TPSA) is 92.1 Å². The summed E-state index contributed by atoms with van der Waals surface area (Å²) >= 11 is 6.00. The van der Waals surface area contributed by atoms with Crippen LogP contribution >= 0.6 is 11.6 Å². The zero-order valence-corrected chi connectivity index (χ0v) is 16.0. The molecule has 142 valence electrons. The highest BCUT2D eigenvalue weighted by Gasteiger charge is 2.43. The van der Waals surface area contributed by atoms with Gasteiger partial charge < -0.3 is 4.90 Å². The van der Waals surface area contributed by atoms with Crippen molar-refractivity contribution in [2.75, 3.05) is 0 Å². The molecule has 0 radical (unpaired) electrons. The van der Waals surface area contributed by atoms with Crippen LogP contribution in [0.4, 0.5) is 5.69 Å². The molecule has 1 aliphatic heterocycles. The van der Waals surface area contributed by atoms with E-state index in [1.807, 2.05) is 26.0 Å². The fourth-order valence-electron chi connectivity index (χ4n) is 3.66. The number of rotatable bonds is 4. The van der Waals surface area contributed by atoms with Gasteiger partial charge in [0.05, 0.1) is 16.7 Å². The van der Waals surface area contributed by atoms with Crippen molar-refractivity contribution in [3.05, 3.63) is 80.5 Å². The second kappa shape index (κ2) is 6.76. The smallest absolute Gasteiger partial charge is 0.273 e. The zero-order valence-electron chi connectivity index (χ0n) is 15.2. The van der Waals surface area contributed by atoms with Gasteiger partial charge in [-0.15, -0.1) is 0 Å². The Morgan fingerprint density at radius 2 is 1.93 bits per heavy atom. The number of hydrogen-bond donors (Lipinski definition) is 1. The van der Waals surface area contributed by atoms with Crippen LogP contribution in [0.5, 0.6) is 0 Å². The summed E-state index contributed by atoms with van der Waals surface area (Å²) in [6.07, 6.45) is 0. The Bertz CT molecular complexity index is 1080. The van der Waals surface area contributed by atoms with E-state index in [4.69, 9.17) is 11.6 Å². The first-order valence-electron chi connectivity index (χ1n) is 8.79. The molecular weight excluding hydrogens is 380 g/mol. The molecule has 1 unspecified atom stereocenters. The lowest BCUT2D eigenvalue weighted by Crippen LogP contribution is -2.35. The molecule has 2 aromatic carbocycles. The summed E-state index contributed by atoms with van der Waals surface area (Å²) in [6.45, 7) is 3.84. The molecular formula is C20H17ClN4O3. The van der Waals surface area contributed by atoms with E-state index in [0.29, 0.717) is 22.0 Å². The van der Waals surface area contributed by atoms with Crippen molar-refractivity contribution >= 4 is 23.2 Å². The molecule has 1 aliphatic rings. The first-order chi connectivity index (χ1) is 13.4. The molecule has 0 aliphatic carbocycles. The van der Waals surface area contributed by atoms with E-state index >= 15 is 0 Å². The second-order valence-corrected chi connectivity index (χ2v) is 7.37. The number of carbonyl (C=O) groups is 1. The monoisotopic (exact) mass is 396 g/mol. The van der Waals surface area contributed by atoms with E-state index in [-0.39, 0.29) is 17.6 Å². The van der Waals surface area contributed by atoms with Gasteiger partial charge in [0.2, 0.25) is 0 Å². The van der Waals surface area contributed by atoms with E-state index in [0.717, 1.165) is 11.1 Å². The Kier molecular flexibility index (Phi) is 4.39. The van der Waals surface area contributed by atoms with Crippen LogP contribution < -0.4 is 0 Å². The van der Waals surface area contributed by atoms with Gasteiger partial charge in [0, 0.05) is 34.3 Å². The van der Waals surface area contributed by atoms with Crippen LogP contribution in [-0.2, 0) is 0 Å². The number of fused-ring (bicyclic) bond motifs is 1. The van der Waals surface area contributed by atoms with Crippen molar-refractivity contribution in [1.29, 1.82) is 0 Å². The van der Waals surface area contributed by atoms with Gasteiger partial charge in [-0.1, -0.05) is 35.9 Å². The Morgan fingerprint density at radius 1 is 1.21 bits per heavy atom. The van der Waals surface area contributed by atoms with Gasteiger partial charge in [-0.25, -0.2) is 0 Å². The van der Waals surface area contributed by atoms with Gasteiger partial charge >= 0.3 is 0 Å². The Labute approximate surface area is 166 Å². The van der Waals surface area contributed by atoms with Crippen LogP contribution in [0.25, 0.3) is 11.3 Å². The summed E-state index contributed by atoms with van der Waals surface area (Å²) in [4.78, 5) is 25.6. The van der Waals surface area contributed by atoms with Crippen molar-refractivity contribution in [1.82, 2.24) is 15.1 Å². The number of carbonyl (C=O) groups excluding carboxylic acids is 1. The molecule has 0 bridgehead atoms. The van der Waals surface area contributed by atoms with Crippen LogP contribution in [0.1, 0.15) is 41.5 Å². The van der Waals surface area contributed by atoms with E-state index in [9.17, 15) is 14.9 Å². The fourth-order valence-corrected chi connectivity index (χ4v) is 3.79. The van der Waals surface area contributed by atoms with Crippen molar-refractivity contribution in [2.24, 2.45) is 0 Å². The number of non-ortho nitro benzene ring substituents is 1. The van der Waals surface area contributed by atoms with E-state index in [2.05, 4.69) is 10.2 Å². The molecule has 1 aromatic heterocycles. The summed E-state index contributed by atoms with van der Waals surface area (Å²) in [7, 11) is 0. The summed E-state index contributed by atoms with van der Waals surface area (Å²) in [5.74, 6) is -0.172. The summed E-state index contributed by atoms with van der Waals surface area (Å²) < 4.78 is 0. The highest BCUT2D eigenvalue weighted by atomic mass is 35.5. The third kappa shape index (κ3) is 2.84. The highest BCUT2D eigenvalue weighted by molar-refractivity contribution is 6.30. The average Bonchev–Trinajstić information content (AvgIpc) is 3.21. The van der Waals surface area contributed by atoms with Crippen LogP contribution in [0.15, 0.2) is 48.5 Å². The Morgan fingerprint density at radius 3 is 2.57 bits per heavy atom. The Balaban J connectivity index is 1.92. The molecule has 8 heteroatoms. The minimum Gasteiger partial charge on any atom is -0.324 e. The third-order valence-corrected chi connectivity index (χ3v) is 5.13. The molecule has 0 fully saturated rings. The van der Waals surface area contributed by atoms with Gasteiger partial charge in [0.1, 0.15) is 5.69 Å². The summed E-state index contributed by atoms with van der Waals surface area (Å²) in [5.41, 5.74) is 3.25. The van der Waals surface area contributed by atoms with Gasteiger partial charge in [0.25, 0.3) is 11.6 Å². The lowest BCUT2D eigenvalue weighted by molar-refractivity contribution is -0.384. The Hall–Kier alpha value is -3.19. The van der Waals surface area contributed by atoms with Crippen LogP contribution in [-0.4, -0.2) is 32.0 Å². The number of hydrogen-bond acceptors (Lipinski definition) is 4. The maximum atomic E-state index is 13.0. The minimum absolute atomic E-state index is 0.0151. The van der Waals surface area contributed by atoms with Crippen LogP contribution in [0.2, 0.25) is 5.02 Å². The number of nitrogens with one attached hydrogen (secondary N) is 1. The molecule has 28 heavy (non-hydrogen) atoms. The lowest BCUT2D eigenvalue weighted by atomic mass is 9.95. The predicted molar refractivity (Wildman–Crippen MR) is 105 cm³/mol. The molecule has 7 nitrogen and oxygen atoms in total. The average molecular weight is 397 g/mol. The van der Waals surface area contributed by atoms with Gasteiger partial charge in [-0.2, -0.15) is 5.10 Å². The van der Waals surface area contributed by atoms with Crippen LogP contribution in [0, 0.1) is 10.1 Å². The van der Waals surface area contributed by atoms with Crippen molar-refractivity contribution in [3.63, 3.8) is 0 Å². The molecule has 1 atom stereocenters. The molecule has 1 N–H and O–H groups in total. The fraction of sp³-hybridized carbons (Fsp3) is 0.200. The van der Waals surface area contributed by atoms with Crippen molar-refractivity contribution in [2.45, 2.75) is 25.9 Å². The van der Waals surface area contributed by atoms with Crippen molar-refractivity contribution in [3.8, 4) is 11.3 Å². The first-order valence-corrected chi connectivity index (χ1v) is 9.17. The number of aromatic nitrogens is 2. The number of nitro groups is 1. The number of amides is 1. The molecule has 3 aromatic rings. The van der Waals surface area contributed by atoms with Crippen molar-refractivity contribution < 1.29 is 9.72 Å². The maximum Gasteiger partial charge on any atom is 0.273 e. The number of benzene rings is 2. The number of aromatic amines is 1. The second-order valence-electron chi connectivity index (χ2n) is 6.93. The summed E-state index contributed by atoms with van der Waals surface area (Å²) in [6, 6.07) is 13.0. The molecule has 1 amide bonds. The van der Waals surface area contributed by atoms with E-state index < -0.39 is 11.0 Å². The largest absolute Gasteiger partial charge is 0.324 e. The molecule has 0 saturated carbocycles. The molecule has 4 rings (SSSR count). The number of nitro benzene ring substituents is 1. The van der Waals surface area contributed by atoms with Crippen LogP contribution in [0.3, 0.4) is 0 Å². The molecule has 2 heterocycles. The molecule has 0 spiro atoms. The highest BCUT2D eigenvalue weighted by Crippen LogP contribution is 2.44. The molecule has 0 saturated heterocycles. The number of H-pyrrole nitrogens is 1. The number of halogens is 1. The normalized spacial score (nSPS) is 15.9. The van der Waals surface area contributed by atoms with Gasteiger partial charge in [-0.3, -0.25) is 20.0 Å². The predicted octanol–water partition coefficient (Wildman–Crippen LogP) is 4.59. The minimum atomic E-state index is -0.466. The standard InChI is InChI=1S/C20H17ClN4O3/c1-11(2)24-19(13-4-3-5-15(10-13)25(27)28)16-17(22-23-18(16)20(24)26)12-6-8-14(21)9-7-12/h3-11,19H,1-2H3,(H,22,23).